The maximum atomic E-state index is 14.1. The molecule has 126 valence electrons. The fourth-order valence-electron chi connectivity index (χ4n) is 2.80. The summed E-state index contributed by atoms with van der Waals surface area (Å²) < 4.78 is 28.9. The zero-order chi connectivity index (χ0) is 17.6. The van der Waals surface area contributed by atoms with E-state index in [1.165, 1.54) is 17.4 Å². The van der Waals surface area contributed by atoms with Crippen LogP contribution in [0.1, 0.15) is 47.7 Å². The first-order chi connectivity index (χ1) is 11.2. The number of hydrogen-bond acceptors (Lipinski definition) is 4. The van der Waals surface area contributed by atoms with Crippen LogP contribution in [-0.4, -0.2) is 13.6 Å². The molecule has 1 aromatic carbocycles. The standard InChI is InChI=1S/C17H16BrFN2OS2/c1-17(2,3)24(22)21-9-14-12(7-10(8-20)23-14)16(21)11-5-4-6-13(19)15(11)18/h4-7,16H,9H2,1-3H3/t16?,24-/m1/s1. The van der Waals surface area contributed by atoms with Gasteiger partial charge in [0.15, 0.2) is 0 Å². The predicted octanol–water partition coefficient (Wildman–Crippen LogP) is 4.89. The van der Waals surface area contributed by atoms with E-state index in [1.807, 2.05) is 37.2 Å². The van der Waals surface area contributed by atoms with Gasteiger partial charge < -0.3 is 4.55 Å². The largest absolute Gasteiger partial charge is 0.597 e. The highest BCUT2D eigenvalue weighted by Crippen LogP contribution is 2.47. The first kappa shape index (κ1) is 17.9. The van der Waals surface area contributed by atoms with Crippen LogP contribution in [0.5, 0.6) is 0 Å². The second kappa shape index (κ2) is 6.43. The highest BCUT2D eigenvalue weighted by atomic mass is 79.9. The molecule has 2 atom stereocenters. The van der Waals surface area contributed by atoms with Gasteiger partial charge >= 0.3 is 0 Å². The van der Waals surface area contributed by atoms with Crippen molar-refractivity contribution < 1.29 is 8.94 Å². The molecule has 0 saturated heterocycles. The number of fused-ring (bicyclic) bond motifs is 1. The summed E-state index contributed by atoms with van der Waals surface area (Å²) in [6.07, 6.45) is 0. The van der Waals surface area contributed by atoms with Crippen molar-refractivity contribution in [3.63, 3.8) is 0 Å². The fourth-order valence-corrected chi connectivity index (χ4v) is 5.72. The molecule has 0 amide bonds. The van der Waals surface area contributed by atoms with E-state index in [4.69, 9.17) is 0 Å². The highest BCUT2D eigenvalue weighted by Gasteiger charge is 2.45. The molecule has 0 bridgehead atoms. The van der Waals surface area contributed by atoms with E-state index in [0.717, 1.165) is 16.0 Å². The van der Waals surface area contributed by atoms with Gasteiger partial charge in [0.25, 0.3) is 0 Å². The van der Waals surface area contributed by atoms with E-state index in [1.54, 1.807) is 6.07 Å². The van der Waals surface area contributed by atoms with Crippen LogP contribution in [0.4, 0.5) is 4.39 Å². The van der Waals surface area contributed by atoms with Gasteiger partial charge in [0.05, 0.1) is 11.0 Å². The Morgan fingerprint density at radius 1 is 1.42 bits per heavy atom. The van der Waals surface area contributed by atoms with Crippen LogP contribution in [0, 0.1) is 17.1 Å². The van der Waals surface area contributed by atoms with Crippen LogP contribution < -0.4 is 0 Å². The number of hydrogen-bond donors (Lipinski definition) is 0. The van der Waals surface area contributed by atoms with E-state index in [-0.39, 0.29) is 11.9 Å². The van der Waals surface area contributed by atoms with E-state index in [9.17, 15) is 14.2 Å². The molecule has 0 aliphatic carbocycles. The van der Waals surface area contributed by atoms with Crippen LogP contribution in [0.15, 0.2) is 28.7 Å². The number of benzene rings is 1. The minimum Gasteiger partial charge on any atom is -0.597 e. The first-order valence-electron chi connectivity index (χ1n) is 7.39. The smallest absolute Gasteiger partial charge is 0.137 e. The van der Waals surface area contributed by atoms with Crippen molar-refractivity contribution in [1.29, 1.82) is 5.26 Å². The van der Waals surface area contributed by atoms with Gasteiger partial charge in [-0.3, -0.25) is 0 Å². The number of nitrogens with zero attached hydrogens (tertiary/aromatic N) is 2. The Morgan fingerprint density at radius 3 is 2.75 bits per heavy atom. The van der Waals surface area contributed by atoms with Gasteiger partial charge in [-0.2, -0.15) is 5.26 Å². The quantitative estimate of drug-likeness (QED) is 0.642. The summed E-state index contributed by atoms with van der Waals surface area (Å²) in [4.78, 5) is 1.64. The average Bonchev–Trinajstić information content (AvgIpc) is 3.05. The molecule has 24 heavy (non-hydrogen) atoms. The van der Waals surface area contributed by atoms with Crippen molar-refractivity contribution in [1.82, 2.24) is 4.31 Å². The molecule has 0 fully saturated rings. The van der Waals surface area contributed by atoms with Crippen molar-refractivity contribution >= 4 is 38.6 Å². The molecule has 2 heterocycles. The minimum absolute atomic E-state index is 0.330. The van der Waals surface area contributed by atoms with Gasteiger partial charge in [0, 0.05) is 16.2 Å². The zero-order valence-electron chi connectivity index (χ0n) is 13.5. The van der Waals surface area contributed by atoms with Crippen molar-refractivity contribution in [3.8, 4) is 6.07 Å². The van der Waals surface area contributed by atoms with Crippen LogP contribution >= 0.6 is 27.3 Å². The van der Waals surface area contributed by atoms with Crippen LogP contribution in [0.25, 0.3) is 0 Å². The Morgan fingerprint density at radius 2 is 2.12 bits per heavy atom. The molecule has 0 radical (unpaired) electrons. The topological polar surface area (TPSA) is 50.1 Å². The van der Waals surface area contributed by atoms with E-state index in [2.05, 4.69) is 22.0 Å². The summed E-state index contributed by atoms with van der Waals surface area (Å²) in [5.74, 6) is -0.349. The summed E-state index contributed by atoms with van der Waals surface area (Å²) >= 11 is 3.49. The fraction of sp³-hybridized carbons (Fsp3) is 0.353. The third kappa shape index (κ3) is 3.02. The third-order valence-corrected chi connectivity index (χ3v) is 7.54. The van der Waals surface area contributed by atoms with Gasteiger partial charge in [-0.05, 0) is 60.0 Å². The summed E-state index contributed by atoms with van der Waals surface area (Å²) in [6.45, 7) is 6.27. The molecule has 1 aliphatic heterocycles. The molecule has 0 saturated carbocycles. The molecule has 0 N–H and O–H groups in total. The van der Waals surface area contributed by atoms with E-state index < -0.39 is 16.1 Å². The second-order valence-electron chi connectivity index (χ2n) is 6.58. The van der Waals surface area contributed by atoms with Crippen LogP contribution in [-0.2, 0) is 17.9 Å². The van der Waals surface area contributed by atoms with E-state index >= 15 is 0 Å². The van der Waals surface area contributed by atoms with Gasteiger partial charge in [-0.25, -0.2) is 4.39 Å². The number of thiophene rings is 1. The molecular weight excluding hydrogens is 411 g/mol. The van der Waals surface area contributed by atoms with Gasteiger partial charge in [0.2, 0.25) is 0 Å². The van der Waals surface area contributed by atoms with Crippen LogP contribution in [0.3, 0.4) is 0 Å². The molecule has 3 rings (SSSR count). The Hall–Kier alpha value is -0.910. The molecule has 0 spiro atoms. The lowest BCUT2D eigenvalue weighted by atomic mass is 10.0. The lowest BCUT2D eigenvalue weighted by Crippen LogP contribution is -2.42. The molecule has 1 aliphatic rings. The van der Waals surface area contributed by atoms with Crippen LogP contribution in [0.2, 0.25) is 0 Å². The summed E-state index contributed by atoms with van der Waals surface area (Å²) in [5.41, 5.74) is 1.68. The summed E-state index contributed by atoms with van der Waals surface area (Å²) in [7, 11) is 0. The van der Waals surface area contributed by atoms with Crippen molar-refractivity contribution in [2.24, 2.45) is 0 Å². The molecule has 3 nitrogen and oxygen atoms in total. The normalized spacial score (nSPS) is 19.1. The average molecular weight is 427 g/mol. The summed E-state index contributed by atoms with van der Waals surface area (Å²) in [6, 6.07) is 8.56. The molecule has 1 unspecified atom stereocenters. The number of halogens is 2. The van der Waals surface area contributed by atoms with Crippen molar-refractivity contribution in [2.45, 2.75) is 38.1 Å². The zero-order valence-corrected chi connectivity index (χ0v) is 16.7. The SMILES string of the molecule is CC(C)(C)[S@@+]([O-])N1Cc2sc(C#N)cc2C1c1cccc(F)c1Br. The minimum atomic E-state index is -1.26. The van der Waals surface area contributed by atoms with Gasteiger partial charge in [0.1, 0.15) is 27.6 Å². The molecule has 1 aromatic heterocycles. The lowest BCUT2D eigenvalue weighted by Gasteiger charge is -2.34. The van der Waals surface area contributed by atoms with Crippen molar-refractivity contribution in [2.75, 3.05) is 0 Å². The predicted molar refractivity (Wildman–Crippen MR) is 98.4 cm³/mol. The third-order valence-electron chi connectivity index (χ3n) is 3.85. The Labute approximate surface area is 156 Å². The molecular formula is C17H16BrFN2OS2. The first-order valence-corrected chi connectivity index (χ1v) is 10.1. The Bertz CT molecular complexity index is 825. The molecule has 7 heteroatoms. The Balaban J connectivity index is 2.14. The molecule has 2 aromatic rings. The lowest BCUT2D eigenvalue weighted by molar-refractivity contribution is 0.370. The van der Waals surface area contributed by atoms with Gasteiger partial charge in [-0.1, -0.05) is 12.1 Å². The highest BCUT2D eigenvalue weighted by molar-refractivity contribution is 9.10. The second-order valence-corrected chi connectivity index (χ2v) is 10.7. The number of nitriles is 1. The van der Waals surface area contributed by atoms with Crippen molar-refractivity contribution in [3.05, 3.63) is 55.4 Å². The Kier molecular flexibility index (Phi) is 4.80. The van der Waals surface area contributed by atoms with Gasteiger partial charge in [-0.15, -0.1) is 15.6 Å². The monoisotopic (exact) mass is 426 g/mol. The summed E-state index contributed by atoms with van der Waals surface area (Å²) in [5, 5.41) is 9.17. The number of rotatable bonds is 2. The maximum absolute atomic E-state index is 14.1. The van der Waals surface area contributed by atoms with E-state index in [0.29, 0.717) is 15.9 Å². The maximum Gasteiger partial charge on any atom is 0.137 e.